The molecule has 0 heterocycles. The highest BCUT2D eigenvalue weighted by Gasteiger charge is 2.30. The van der Waals surface area contributed by atoms with Crippen LogP contribution in [0.1, 0.15) is 200 Å². The summed E-state index contributed by atoms with van der Waals surface area (Å²) < 4.78 is 173. The van der Waals surface area contributed by atoms with Gasteiger partial charge in [-0.1, -0.05) is 154 Å². The van der Waals surface area contributed by atoms with Gasteiger partial charge in [0.05, 0.1) is 396 Å². The topological polar surface area (TPSA) is 349 Å². The van der Waals surface area contributed by atoms with Crippen LogP contribution in [-0.2, 0) is 152 Å². The van der Waals surface area contributed by atoms with Gasteiger partial charge in [-0.2, -0.15) is 0 Å². The summed E-state index contributed by atoms with van der Waals surface area (Å²) in [6, 6.07) is 0. The molecule has 0 aromatic heterocycles. The average Bonchev–Trinajstić information content (AvgIpc) is 0.889. The Morgan fingerprint density at radius 3 is 0.470 bits per heavy atom. The third-order valence-corrected chi connectivity index (χ3v) is 19.4. The first-order valence-corrected chi connectivity index (χ1v) is 50.8. The minimum atomic E-state index is -1.53. The van der Waals surface area contributed by atoms with E-state index < -0.39 is 18.1 Å². The molecule has 0 aliphatic rings. The Hall–Kier alpha value is -2.33. The van der Waals surface area contributed by atoms with Crippen LogP contribution in [0.15, 0.2) is 24.3 Å². The van der Waals surface area contributed by atoms with Crippen LogP contribution in [0.3, 0.4) is 0 Å². The monoisotopic (exact) mass is 1910 g/mol. The minimum absolute atomic E-state index is 0.0735. The molecule has 34 nitrogen and oxygen atoms in total. The Morgan fingerprint density at radius 1 is 0.182 bits per heavy atom. The van der Waals surface area contributed by atoms with E-state index >= 15 is 0 Å². The average molecular weight is 1910 g/mol. The Kier molecular flexibility index (Phi) is 119. The summed E-state index contributed by atoms with van der Waals surface area (Å²) in [4.78, 5) is 11.5. The van der Waals surface area contributed by atoms with Crippen LogP contribution in [0, 0.1) is 0 Å². The Bertz CT molecular complexity index is 2150. The number of allylic oxidation sites excluding steroid dienone is 4. The molecule has 0 amide bonds. The normalized spacial score (nSPS) is 12.4. The fourth-order valence-electron chi connectivity index (χ4n) is 12.1. The molecule has 788 valence electrons. The lowest BCUT2D eigenvalue weighted by molar-refractivity contribution is -0.154. The number of nitrogens with two attached hydrogens (primary N) is 1. The molecule has 0 radical (unpaired) electrons. The molecule has 0 spiro atoms. The second kappa shape index (κ2) is 121. The van der Waals surface area contributed by atoms with Gasteiger partial charge in [0.25, 0.3) is 0 Å². The Labute approximate surface area is 798 Å². The van der Waals surface area contributed by atoms with E-state index in [2.05, 4.69) is 38.2 Å². The van der Waals surface area contributed by atoms with E-state index in [1.54, 1.807) is 0 Å². The highest BCUT2D eigenvalue weighted by molar-refractivity contribution is 5.68. The zero-order valence-electron chi connectivity index (χ0n) is 83.0. The van der Waals surface area contributed by atoms with Crippen molar-refractivity contribution in [3.05, 3.63) is 24.3 Å². The van der Waals surface area contributed by atoms with E-state index in [4.69, 9.17) is 153 Å². The van der Waals surface area contributed by atoms with Gasteiger partial charge in [0, 0.05) is 13.2 Å². The van der Waals surface area contributed by atoms with Crippen LogP contribution in [-0.4, -0.2) is 420 Å². The van der Waals surface area contributed by atoms with Gasteiger partial charge in [0.2, 0.25) is 0 Å². The fourth-order valence-corrected chi connectivity index (χ4v) is 12.1. The predicted molar refractivity (Wildman–Crippen MR) is 509 cm³/mol. The highest BCUT2D eigenvalue weighted by atomic mass is 16.6. The van der Waals surface area contributed by atoms with Gasteiger partial charge < -0.3 is 158 Å². The zero-order chi connectivity index (χ0) is 94.5. The fraction of sp³-hybridized carbons (Fsp3) is 0.949. The number of ether oxygens (including phenoxy) is 31. The number of rotatable bonds is 124. The smallest absolute Gasteiger partial charge is 0.307 e. The Morgan fingerprint density at radius 2 is 0.311 bits per heavy atom. The van der Waals surface area contributed by atoms with Gasteiger partial charge in [0.15, 0.2) is 5.72 Å². The molecule has 34 heteroatoms. The summed E-state index contributed by atoms with van der Waals surface area (Å²) in [5, 5.41) is 9.40. The molecule has 1 atom stereocenters. The summed E-state index contributed by atoms with van der Waals surface area (Å²) in [6.45, 7) is 32.4. The molecule has 0 bridgehead atoms. The molecule has 0 saturated heterocycles. The largest absolute Gasteiger partial charge is 0.481 e. The van der Waals surface area contributed by atoms with Crippen molar-refractivity contribution in [2.24, 2.45) is 5.73 Å². The van der Waals surface area contributed by atoms with E-state index in [1.807, 2.05) is 0 Å². The Balaban J connectivity index is 3.27. The molecule has 0 fully saturated rings. The maximum Gasteiger partial charge on any atom is 0.307 e. The van der Waals surface area contributed by atoms with E-state index in [0.29, 0.717) is 357 Å². The minimum Gasteiger partial charge on any atom is -0.481 e. The van der Waals surface area contributed by atoms with Crippen LogP contribution in [0.4, 0.5) is 0 Å². The number of hydrogen-bond acceptors (Lipinski definition) is 33. The molecule has 1 unspecified atom stereocenters. The zero-order valence-corrected chi connectivity index (χ0v) is 83.0. The maximum atomic E-state index is 11.5. The number of aliphatic carboxylic acids is 1. The van der Waals surface area contributed by atoms with Crippen LogP contribution in [0.2, 0.25) is 0 Å². The van der Waals surface area contributed by atoms with Gasteiger partial charge in [-0.3, -0.25) is 4.79 Å². The van der Waals surface area contributed by atoms with Crippen molar-refractivity contribution < 1.29 is 157 Å². The summed E-state index contributed by atoms with van der Waals surface area (Å²) in [5.74, 6) is -1.11. The molecule has 0 aliphatic heterocycles. The quantitative estimate of drug-likeness (QED) is 0.0324. The third-order valence-electron chi connectivity index (χ3n) is 19.4. The summed E-state index contributed by atoms with van der Waals surface area (Å²) in [5.41, 5.74) is 4.70. The first-order valence-electron chi connectivity index (χ1n) is 50.8. The summed E-state index contributed by atoms with van der Waals surface area (Å²) in [6.07, 6.45) is 45.7. The predicted octanol–water partition coefficient (Wildman–Crippen LogP) is 12.7. The lowest BCUT2D eigenvalue weighted by Crippen LogP contribution is -2.49. The number of unbranched alkanes of at least 4 members (excludes halogenated alkanes) is 24. The van der Waals surface area contributed by atoms with Crippen molar-refractivity contribution in [1.82, 2.24) is 0 Å². The molecule has 0 aromatic rings. The van der Waals surface area contributed by atoms with Crippen molar-refractivity contribution in [2.75, 3.05) is 403 Å². The van der Waals surface area contributed by atoms with Crippen molar-refractivity contribution in [3.63, 3.8) is 0 Å². The summed E-state index contributed by atoms with van der Waals surface area (Å²) in [7, 11) is 0. The number of carbonyl (C=O) groups is 1. The highest BCUT2D eigenvalue weighted by Crippen LogP contribution is 2.14. The maximum absolute atomic E-state index is 11.5. The van der Waals surface area contributed by atoms with Crippen molar-refractivity contribution in [2.45, 2.75) is 206 Å². The lowest BCUT2D eigenvalue weighted by Gasteiger charge is -2.28. The second-order valence-electron chi connectivity index (χ2n) is 31.2. The van der Waals surface area contributed by atoms with Crippen LogP contribution < -0.4 is 5.73 Å². The van der Waals surface area contributed by atoms with Crippen LogP contribution in [0.25, 0.3) is 0 Å². The third kappa shape index (κ3) is 120. The van der Waals surface area contributed by atoms with Gasteiger partial charge >= 0.3 is 5.97 Å². The molecule has 0 aliphatic carbocycles. The van der Waals surface area contributed by atoms with E-state index in [9.17, 15) is 9.90 Å². The molecule has 132 heavy (non-hydrogen) atoms. The van der Waals surface area contributed by atoms with Crippen LogP contribution in [0.5, 0.6) is 0 Å². The molecule has 0 aromatic carbocycles. The van der Waals surface area contributed by atoms with Gasteiger partial charge in [-0.25, -0.2) is 0 Å². The van der Waals surface area contributed by atoms with Crippen molar-refractivity contribution >= 4 is 5.97 Å². The van der Waals surface area contributed by atoms with Gasteiger partial charge in [0.1, 0.15) is 0 Å². The SMILES string of the molecule is CCCCCCCC/C=C\CCCCCCCCOCCOCCOCCOCCOCCOCCOCCOCCOCCOCCOCCOCCOCCOCCOCCOCCOCCOCCOCCOCCOCCOCCOC(N)(COCCOCCOCCOCCOCCOCCOCCOCCCCCCCC/C=C\CCCCCCCC)CC(=O)O. The standard InChI is InChI=1S/C98H193NO33/c1-3-5-7-9-11-13-15-17-19-21-23-25-27-29-31-33-35-102-37-39-104-41-43-106-45-47-108-49-50-110-51-52-111-53-54-112-55-56-113-57-58-114-59-60-115-61-62-116-63-64-117-65-66-118-67-68-119-69-70-120-71-72-121-73-74-122-75-76-123-77-78-124-81-82-126-85-86-128-89-90-130-93-94-132-98(99,95-97(100)101)96-131-92-91-129-88-87-127-84-83-125-80-79-109-48-46-107-44-42-105-40-38-103-36-34-32-30-28-26-24-22-20-18-16-14-12-10-8-6-4-2/h17-20H,3-16,21-96,99H2,1-2H3,(H,100,101)/b19-17-,20-18-. The molecule has 0 saturated carbocycles. The lowest BCUT2D eigenvalue weighted by atomic mass is 10.1. The summed E-state index contributed by atoms with van der Waals surface area (Å²) >= 11 is 0. The molecular formula is C98H193NO33. The van der Waals surface area contributed by atoms with Gasteiger partial charge in [-0.05, 0) is 64.2 Å². The molecule has 0 rings (SSSR count). The number of carboxylic acids is 1. The van der Waals surface area contributed by atoms with E-state index in [-0.39, 0.29) is 33.0 Å². The molecular weight excluding hydrogens is 1720 g/mol. The first kappa shape index (κ1) is 130. The molecule has 3 N–H and O–H groups in total. The van der Waals surface area contributed by atoms with E-state index in [1.165, 1.54) is 167 Å². The van der Waals surface area contributed by atoms with Crippen molar-refractivity contribution in [1.29, 1.82) is 0 Å². The van der Waals surface area contributed by atoms with E-state index in [0.717, 1.165) is 26.1 Å². The van der Waals surface area contributed by atoms with Crippen LogP contribution >= 0.6 is 0 Å². The van der Waals surface area contributed by atoms with Crippen molar-refractivity contribution in [3.8, 4) is 0 Å². The second-order valence-corrected chi connectivity index (χ2v) is 31.2. The number of hydrogen-bond donors (Lipinski definition) is 2. The first-order chi connectivity index (χ1) is 65.5. The van der Waals surface area contributed by atoms with Gasteiger partial charge in [-0.15, -0.1) is 0 Å². The number of carboxylic acid groups (broad SMARTS) is 1.